The molecule has 0 aromatic heterocycles. The van der Waals surface area contributed by atoms with E-state index < -0.39 is 22.5 Å². The third-order valence-electron chi connectivity index (χ3n) is 5.25. The SMILES string of the molecule is COc1ccc(N(CC(=O)NCc2ccc3c(c2)OCO3)S(=O)(=O)c2ccc(C)cc2)cc1Cl. The van der Waals surface area contributed by atoms with Gasteiger partial charge in [0.05, 0.1) is 22.7 Å². The fourth-order valence-corrected chi connectivity index (χ4v) is 5.07. The third kappa shape index (κ3) is 5.05. The first kappa shape index (κ1) is 23.7. The molecule has 0 atom stereocenters. The van der Waals surface area contributed by atoms with Gasteiger partial charge in [-0.15, -0.1) is 0 Å². The van der Waals surface area contributed by atoms with E-state index in [0.717, 1.165) is 15.4 Å². The number of methoxy groups -OCH3 is 1. The van der Waals surface area contributed by atoms with Crippen LogP contribution < -0.4 is 23.8 Å². The second-order valence-corrected chi connectivity index (χ2v) is 9.88. The average Bonchev–Trinajstić information content (AvgIpc) is 3.29. The number of halogens is 1. The second kappa shape index (κ2) is 9.82. The van der Waals surface area contributed by atoms with Gasteiger partial charge < -0.3 is 19.5 Å². The van der Waals surface area contributed by atoms with Crippen molar-refractivity contribution < 1.29 is 27.4 Å². The van der Waals surface area contributed by atoms with Crippen molar-refractivity contribution in [1.29, 1.82) is 0 Å². The molecule has 1 amide bonds. The Bertz CT molecular complexity index is 1310. The van der Waals surface area contributed by atoms with Gasteiger partial charge in [0.25, 0.3) is 10.0 Å². The number of hydrogen-bond acceptors (Lipinski definition) is 6. The summed E-state index contributed by atoms with van der Waals surface area (Å²) in [5.74, 6) is 1.15. The Morgan fingerprint density at radius 1 is 1.06 bits per heavy atom. The summed E-state index contributed by atoms with van der Waals surface area (Å²) in [5, 5.41) is 2.99. The number of nitrogens with one attached hydrogen (secondary N) is 1. The van der Waals surface area contributed by atoms with Crippen molar-refractivity contribution in [3.8, 4) is 17.2 Å². The van der Waals surface area contributed by atoms with Crippen LogP contribution in [-0.4, -0.2) is 34.8 Å². The monoisotopic (exact) mass is 502 g/mol. The highest BCUT2D eigenvalue weighted by Crippen LogP contribution is 2.33. The highest BCUT2D eigenvalue weighted by Gasteiger charge is 2.28. The zero-order valence-corrected chi connectivity index (χ0v) is 20.2. The molecular weight excluding hydrogens is 480 g/mol. The van der Waals surface area contributed by atoms with E-state index in [4.69, 9.17) is 25.8 Å². The highest BCUT2D eigenvalue weighted by molar-refractivity contribution is 7.92. The number of benzene rings is 3. The average molecular weight is 503 g/mol. The van der Waals surface area contributed by atoms with E-state index in [1.165, 1.54) is 25.3 Å². The fourth-order valence-electron chi connectivity index (χ4n) is 3.40. The van der Waals surface area contributed by atoms with Crippen LogP contribution in [0.2, 0.25) is 5.02 Å². The first-order chi connectivity index (χ1) is 16.3. The maximum Gasteiger partial charge on any atom is 0.264 e. The molecule has 1 N–H and O–H groups in total. The zero-order valence-electron chi connectivity index (χ0n) is 18.6. The summed E-state index contributed by atoms with van der Waals surface area (Å²) in [6.45, 7) is 1.77. The number of amides is 1. The molecule has 0 radical (unpaired) electrons. The van der Waals surface area contributed by atoms with Gasteiger partial charge in [-0.3, -0.25) is 9.10 Å². The van der Waals surface area contributed by atoms with Crippen LogP contribution in [0, 0.1) is 6.92 Å². The summed E-state index contributed by atoms with van der Waals surface area (Å²) in [5.41, 5.74) is 1.95. The first-order valence-electron chi connectivity index (χ1n) is 10.4. The van der Waals surface area contributed by atoms with E-state index in [0.29, 0.717) is 17.2 Å². The topological polar surface area (TPSA) is 94.2 Å². The largest absolute Gasteiger partial charge is 0.495 e. The van der Waals surface area contributed by atoms with Gasteiger partial charge in [-0.1, -0.05) is 35.4 Å². The standard InChI is InChI=1S/C24H23ClN2O6S/c1-16-3-7-19(8-4-16)34(29,30)27(18-6-10-21(31-2)20(25)12-18)14-24(28)26-13-17-5-9-22-23(11-17)33-15-32-22/h3-12H,13-15H2,1-2H3,(H,26,28). The summed E-state index contributed by atoms with van der Waals surface area (Å²) >= 11 is 6.25. The van der Waals surface area contributed by atoms with Crippen molar-refractivity contribution in [3.05, 3.63) is 76.8 Å². The van der Waals surface area contributed by atoms with Crippen LogP contribution in [0.5, 0.6) is 17.2 Å². The molecule has 178 valence electrons. The third-order valence-corrected chi connectivity index (χ3v) is 7.33. The molecule has 3 aromatic carbocycles. The van der Waals surface area contributed by atoms with Gasteiger partial charge in [-0.2, -0.15) is 0 Å². The van der Waals surface area contributed by atoms with E-state index in [9.17, 15) is 13.2 Å². The van der Waals surface area contributed by atoms with Crippen molar-refractivity contribution in [2.24, 2.45) is 0 Å². The number of hydrogen-bond donors (Lipinski definition) is 1. The summed E-state index contributed by atoms with van der Waals surface area (Å²) in [6, 6.07) is 16.3. The Morgan fingerprint density at radius 3 is 2.50 bits per heavy atom. The molecule has 8 nitrogen and oxygen atoms in total. The van der Waals surface area contributed by atoms with Gasteiger partial charge in [-0.05, 0) is 55.0 Å². The number of aryl methyl sites for hydroxylation is 1. The Kier molecular flexibility index (Phi) is 6.85. The molecule has 10 heteroatoms. The number of anilines is 1. The Hall–Kier alpha value is -3.43. The second-order valence-electron chi connectivity index (χ2n) is 7.61. The van der Waals surface area contributed by atoms with Crippen molar-refractivity contribution in [1.82, 2.24) is 5.32 Å². The van der Waals surface area contributed by atoms with Gasteiger partial charge >= 0.3 is 0 Å². The van der Waals surface area contributed by atoms with Crippen LogP contribution in [0.3, 0.4) is 0 Å². The summed E-state index contributed by atoms with van der Waals surface area (Å²) in [4.78, 5) is 12.9. The van der Waals surface area contributed by atoms with E-state index in [2.05, 4.69) is 5.32 Å². The molecule has 3 aromatic rings. The highest BCUT2D eigenvalue weighted by atomic mass is 35.5. The zero-order chi connectivity index (χ0) is 24.3. The van der Waals surface area contributed by atoms with Crippen molar-refractivity contribution in [2.45, 2.75) is 18.4 Å². The first-order valence-corrected chi connectivity index (χ1v) is 12.2. The Morgan fingerprint density at radius 2 is 1.79 bits per heavy atom. The van der Waals surface area contributed by atoms with Gasteiger partial charge in [0.2, 0.25) is 12.7 Å². The molecule has 0 fully saturated rings. The van der Waals surface area contributed by atoms with E-state index in [1.54, 1.807) is 42.5 Å². The lowest BCUT2D eigenvalue weighted by atomic mass is 10.2. The predicted octanol–water partition coefficient (Wildman–Crippen LogP) is 3.90. The molecule has 4 rings (SSSR count). The molecule has 1 heterocycles. The molecule has 0 saturated heterocycles. The molecule has 1 aliphatic heterocycles. The number of nitrogens with zero attached hydrogens (tertiary/aromatic N) is 1. The number of rotatable bonds is 8. The lowest BCUT2D eigenvalue weighted by molar-refractivity contribution is -0.119. The summed E-state index contributed by atoms with van der Waals surface area (Å²) in [7, 11) is -2.59. The van der Waals surface area contributed by atoms with Crippen LogP contribution >= 0.6 is 11.6 Å². The maximum atomic E-state index is 13.5. The van der Waals surface area contributed by atoms with Gasteiger partial charge in [0.15, 0.2) is 11.5 Å². The molecule has 0 unspecified atom stereocenters. The van der Waals surface area contributed by atoms with Gasteiger partial charge in [0, 0.05) is 6.54 Å². The van der Waals surface area contributed by atoms with Crippen LogP contribution in [0.25, 0.3) is 0 Å². The minimum Gasteiger partial charge on any atom is -0.495 e. The number of carbonyl (C=O) groups is 1. The molecular formula is C24H23ClN2O6S. The lowest BCUT2D eigenvalue weighted by Crippen LogP contribution is -2.40. The lowest BCUT2D eigenvalue weighted by Gasteiger charge is -2.24. The van der Waals surface area contributed by atoms with Crippen LogP contribution in [-0.2, 0) is 21.4 Å². The molecule has 1 aliphatic rings. The quantitative estimate of drug-likeness (QED) is 0.502. The van der Waals surface area contributed by atoms with Crippen molar-refractivity contribution in [2.75, 3.05) is 24.8 Å². The summed E-state index contributed by atoms with van der Waals surface area (Å²) < 4.78 is 43.8. The molecule has 0 saturated carbocycles. The van der Waals surface area contributed by atoms with Crippen LogP contribution in [0.15, 0.2) is 65.6 Å². The fraction of sp³-hybridized carbons (Fsp3) is 0.208. The smallest absolute Gasteiger partial charge is 0.264 e. The van der Waals surface area contributed by atoms with Gasteiger partial charge in [-0.25, -0.2) is 8.42 Å². The van der Waals surface area contributed by atoms with E-state index in [-0.39, 0.29) is 28.9 Å². The molecule has 34 heavy (non-hydrogen) atoms. The van der Waals surface area contributed by atoms with E-state index in [1.807, 2.05) is 6.92 Å². The summed E-state index contributed by atoms with van der Waals surface area (Å²) in [6.07, 6.45) is 0. The number of carbonyl (C=O) groups excluding carboxylic acids is 1. The van der Waals surface area contributed by atoms with Crippen molar-refractivity contribution >= 4 is 33.2 Å². The number of ether oxygens (including phenoxy) is 3. The van der Waals surface area contributed by atoms with E-state index >= 15 is 0 Å². The molecule has 0 bridgehead atoms. The Balaban J connectivity index is 1.58. The molecule has 0 spiro atoms. The van der Waals surface area contributed by atoms with Crippen LogP contribution in [0.4, 0.5) is 5.69 Å². The minimum absolute atomic E-state index is 0.0635. The van der Waals surface area contributed by atoms with Crippen molar-refractivity contribution in [3.63, 3.8) is 0 Å². The Labute approximate surface area is 203 Å². The number of fused-ring (bicyclic) bond motifs is 1. The maximum absolute atomic E-state index is 13.5. The van der Waals surface area contributed by atoms with Gasteiger partial charge in [0.1, 0.15) is 12.3 Å². The normalized spacial score (nSPS) is 12.3. The van der Waals surface area contributed by atoms with Crippen LogP contribution in [0.1, 0.15) is 11.1 Å². The molecule has 0 aliphatic carbocycles. The minimum atomic E-state index is -4.06. The predicted molar refractivity (Wildman–Crippen MR) is 128 cm³/mol. The number of sulfonamides is 1.